The smallest absolute Gasteiger partial charge is 0.255 e. The molecule has 6 rings (SSSR count). The van der Waals surface area contributed by atoms with Crippen molar-refractivity contribution in [2.75, 3.05) is 19.6 Å². The second-order valence-electron chi connectivity index (χ2n) is 11.8. The number of carbonyl (C=O) groups excluding carboxylic acids is 2. The molecule has 0 bridgehead atoms. The van der Waals surface area contributed by atoms with Crippen molar-refractivity contribution in [3.63, 3.8) is 0 Å². The van der Waals surface area contributed by atoms with Gasteiger partial charge in [-0.05, 0) is 79.3 Å². The molecule has 2 amide bonds. The van der Waals surface area contributed by atoms with Crippen LogP contribution in [0.3, 0.4) is 0 Å². The molecule has 0 aromatic heterocycles. The van der Waals surface area contributed by atoms with Crippen molar-refractivity contribution < 1.29 is 14.0 Å². The summed E-state index contributed by atoms with van der Waals surface area (Å²) in [5.41, 5.74) is 3.14. The van der Waals surface area contributed by atoms with E-state index in [-0.39, 0.29) is 36.4 Å². The summed E-state index contributed by atoms with van der Waals surface area (Å²) < 4.78 is 13.6. The molecule has 1 saturated carbocycles. The van der Waals surface area contributed by atoms with Gasteiger partial charge in [-0.1, -0.05) is 50.7 Å². The molecule has 6 heteroatoms. The third-order valence-electron chi connectivity index (χ3n) is 8.21. The van der Waals surface area contributed by atoms with Crippen molar-refractivity contribution in [3.05, 3.63) is 71.5 Å². The second-order valence-corrected chi connectivity index (χ2v) is 11.8. The first-order chi connectivity index (χ1) is 17.5. The number of nitrogens with zero attached hydrogens (tertiary/aromatic N) is 3. The number of aryl methyl sites for hydroxylation is 1. The molecular weight excluding hydrogens is 477 g/mol. The van der Waals surface area contributed by atoms with Gasteiger partial charge in [0, 0.05) is 36.5 Å². The summed E-state index contributed by atoms with van der Waals surface area (Å²) in [4.78, 5) is 34.6. The van der Waals surface area contributed by atoms with E-state index in [0.29, 0.717) is 25.5 Å². The van der Waals surface area contributed by atoms with Gasteiger partial charge in [0.1, 0.15) is 17.2 Å². The zero-order valence-corrected chi connectivity index (χ0v) is 21.8. The van der Waals surface area contributed by atoms with Gasteiger partial charge >= 0.3 is 0 Å². The molecule has 1 saturated heterocycles. The standard InChI is InChI=1S/C31H32FN3O2.CH4/c1-19-13-21(22-5-6-24-15-25(32)9-7-23(24)14-22)8-10-26(19)27-33-30(2,3)28(36)35(27)18-20-16-34(17-20)29(37)31(4)11-12-31;/h5-10,13-15,20H,11-12,16-18H2,1-4H3;1H4. The van der Waals surface area contributed by atoms with Gasteiger partial charge in [0.05, 0.1) is 0 Å². The van der Waals surface area contributed by atoms with Gasteiger partial charge in [0.25, 0.3) is 5.91 Å². The molecule has 3 aromatic rings. The van der Waals surface area contributed by atoms with Crippen LogP contribution in [0.25, 0.3) is 21.9 Å². The molecule has 3 aliphatic rings. The van der Waals surface area contributed by atoms with E-state index < -0.39 is 5.54 Å². The number of halogens is 1. The first-order valence-corrected chi connectivity index (χ1v) is 13.1. The first-order valence-electron chi connectivity index (χ1n) is 13.1. The number of rotatable bonds is 5. The maximum Gasteiger partial charge on any atom is 0.255 e. The molecule has 5 nitrogen and oxygen atoms in total. The van der Waals surface area contributed by atoms with Crippen LogP contribution in [-0.4, -0.2) is 52.6 Å². The van der Waals surface area contributed by atoms with E-state index in [4.69, 9.17) is 4.99 Å². The molecule has 0 unspecified atom stereocenters. The summed E-state index contributed by atoms with van der Waals surface area (Å²) in [6.45, 7) is 9.80. The van der Waals surface area contributed by atoms with E-state index in [9.17, 15) is 14.0 Å². The highest BCUT2D eigenvalue weighted by Crippen LogP contribution is 2.47. The first kappa shape index (κ1) is 26.1. The Morgan fingerprint density at radius 1 is 0.974 bits per heavy atom. The van der Waals surface area contributed by atoms with E-state index in [1.54, 1.807) is 12.1 Å². The molecule has 0 N–H and O–H groups in total. The topological polar surface area (TPSA) is 53.0 Å². The summed E-state index contributed by atoms with van der Waals surface area (Å²) in [7, 11) is 0. The zero-order valence-electron chi connectivity index (χ0n) is 21.8. The summed E-state index contributed by atoms with van der Waals surface area (Å²) in [6.07, 6.45) is 1.96. The molecule has 2 aliphatic heterocycles. The number of amidine groups is 1. The Labute approximate surface area is 224 Å². The minimum absolute atomic E-state index is 0. The molecular formula is C32H36FN3O2. The number of fused-ring (bicyclic) bond motifs is 1. The monoisotopic (exact) mass is 513 g/mol. The van der Waals surface area contributed by atoms with Crippen LogP contribution in [0.1, 0.15) is 52.2 Å². The Kier molecular flexibility index (Phi) is 6.20. The van der Waals surface area contributed by atoms with Crippen LogP contribution in [0, 0.1) is 24.1 Å². The third-order valence-corrected chi connectivity index (χ3v) is 8.21. The van der Waals surface area contributed by atoms with Crippen LogP contribution in [-0.2, 0) is 9.59 Å². The lowest BCUT2D eigenvalue weighted by atomic mass is 9.94. The normalized spacial score (nSPS) is 19.7. The Hall–Kier alpha value is -3.54. The fraction of sp³-hybridized carbons (Fsp3) is 0.406. The maximum atomic E-state index is 13.6. The highest BCUT2D eigenvalue weighted by atomic mass is 19.1. The van der Waals surface area contributed by atoms with Crippen LogP contribution >= 0.6 is 0 Å². The van der Waals surface area contributed by atoms with E-state index in [0.717, 1.165) is 45.9 Å². The number of hydrogen-bond acceptors (Lipinski definition) is 3. The van der Waals surface area contributed by atoms with Crippen LogP contribution in [0.2, 0.25) is 0 Å². The van der Waals surface area contributed by atoms with Crippen LogP contribution < -0.4 is 0 Å². The van der Waals surface area contributed by atoms with E-state index >= 15 is 0 Å². The van der Waals surface area contributed by atoms with E-state index in [1.807, 2.05) is 55.7 Å². The predicted octanol–water partition coefficient (Wildman–Crippen LogP) is 6.22. The average molecular weight is 514 g/mol. The number of carbonyl (C=O) groups is 2. The van der Waals surface area contributed by atoms with Crippen molar-refractivity contribution in [1.29, 1.82) is 0 Å². The molecule has 0 atom stereocenters. The molecule has 2 fully saturated rings. The molecule has 0 spiro atoms. The van der Waals surface area contributed by atoms with E-state index in [2.05, 4.69) is 18.2 Å². The number of amides is 2. The Balaban J connectivity index is 0.00000294. The van der Waals surface area contributed by atoms with Crippen molar-refractivity contribution >= 4 is 28.4 Å². The maximum absolute atomic E-state index is 13.6. The lowest BCUT2D eigenvalue weighted by Crippen LogP contribution is -2.56. The lowest BCUT2D eigenvalue weighted by molar-refractivity contribution is -0.143. The van der Waals surface area contributed by atoms with Crippen LogP contribution in [0.5, 0.6) is 0 Å². The van der Waals surface area contributed by atoms with Crippen molar-refractivity contribution in [2.24, 2.45) is 16.3 Å². The molecule has 0 radical (unpaired) electrons. The van der Waals surface area contributed by atoms with Crippen LogP contribution in [0.15, 0.2) is 59.6 Å². The fourth-order valence-electron chi connectivity index (χ4n) is 5.56. The number of benzene rings is 3. The SMILES string of the molecule is C.Cc1cc(-c2ccc3cc(F)ccc3c2)ccc1C1=NC(C)(C)C(=O)N1CC1CN(C(=O)C2(C)CC2)C1. The number of aliphatic imine (C=N–C) groups is 1. The largest absolute Gasteiger partial charge is 0.341 e. The van der Waals surface area contributed by atoms with Gasteiger partial charge in [-0.25, -0.2) is 4.39 Å². The molecule has 1 aliphatic carbocycles. The Bertz CT molecular complexity index is 1480. The average Bonchev–Trinajstić information content (AvgIpc) is 3.55. The minimum Gasteiger partial charge on any atom is -0.341 e. The second kappa shape index (κ2) is 9.04. The number of hydrogen-bond donors (Lipinski definition) is 0. The van der Waals surface area contributed by atoms with E-state index in [1.165, 1.54) is 6.07 Å². The van der Waals surface area contributed by atoms with Crippen molar-refractivity contribution in [2.45, 2.75) is 53.5 Å². The molecule has 2 heterocycles. The Morgan fingerprint density at radius 3 is 2.29 bits per heavy atom. The quantitative estimate of drug-likeness (QED) is 0.407. The van der Waals surface area contributed by atoms with Gasteiger partial charge in [0.15, 0.2) is 0 Å². The van der Waals surface area contributed by atoms with Gasteiger partial charge in [-0.2, -0.15) is 0 Å². The number of likely N-dealkylation sites (tertiary alicyclic amines) is 1. The van der Waals surface area contributed by atoms with Gasteiger partial charge < -0.3 is 4.90 Å². The highest BCUT2D eigenvalue weighted by molar-refractivity contribution is 6.15. The summed E-state index contributed by atoms with van der Waals surface area (Å²) >= 11 is 0. The predicted molar refractivity (Wildman–Crippen MR) is 151 cm³/mol. The van der Waals surface area contributed by atoms with Crippen molar-refractivity contribution in [3.8, 4) is 11.1 Å². The van der Waals surface area contributed by atoms with Crippen LogP contribution in [0.4, 0.5) is 4.39 Å². The zero-order chi connectivity index (χ0) is 26.1. The van der Waals surface area contributed by atoms with Crippen molar-refractivity contribution in [1.82, 2.24) is 9.80 Å². The van der Waals surface area contributed by atoms with Gasteiger partial charge in [-0.15, -0.1) is 0 Å². The minimum atomic E-state index is -0.811. The lowest BCUT2D eigenvalue weighted by Gasteiger charge is -2.42. The Morgan fingerprint density at radius 2 is 1.61 bits per heavy atom. The summed E-state index contributed by atoms with van der Waals surface area (Å²) in [5.74, 6) is 1.00. The third kappa shape index (κ3) is 4.40. The van der Waals surface area contributed by atoms with Gasteiger partial charge in [0.2, 0.25) is 5.91 Å². The van der Waals surface area contributed by atoms with Gasteiger partial charge in [-0.3, -0.25) is 19.5 Å². The molecule has 198 valence electrons. The fourth-order valence-corrected chi connectivity index (χ4v) is 5.56. The summed E-state index contributed by atoms with van der Waals surface area (Å²) in [5, 5.41) is 1.86. The highest BCUT2D eigenvalue weighted by Gasteiger charge is 2.50. The molecule has 3 aromatic carbocycles. The molecule has 38 heavy (non-hydrogen) atoms. The summed E-state index contributed by atoms with van der Waals surface area (Å²) in [6, 6.07) is 17.1.